The third kappa shape index (κ3) is 4.76. The fourth-order valence-corrected chi connectivity index (χ4v) is 7.80. The molecule has 9 aromatic carbocycles. The summed E-state index contributed by atoms with van der Waals surface area (Å²) in [5.41, 5.74) is 6.83. The fourth-order valence-electron chi connectivity index (χ4n) is 7.80. The lowest BCUT2D eigenvalue weighted by Crippen LogP contribution is -1.90. The van der Waals surface area contributed by atoms with Gasteiger partial charge in [0.15, 0.2) is 0 Å². The van der Waals surface area contributed by atoms with E-state index >= 15 is 0 Å². The van der Waals surface area contributed by atoms with Gasteiger partial charge >= 0.3 is 0 Å². The molecular formula is C48H31NO. The molecule has 2 nitrogen and oxygen atoms in total. The van der Waals surface area contributed by atoms with Crippen LogP contribution in [0.15, 0.2) is 180 Å². The van der Waals surface area contributed by atoms with Crippen LogP contribution in [-0.2, 0) is 6.54 Å². The number of benzene rings is 9. The third-order valence-electron chi connectivity index (χ3n) is 10.1. The Bertz CT molecular complexity index is 2950. The largest absolute Gasteiger partial charge is 0.471 e. The van der Waals surface area contributed by atoms with Crippen molar-refractivity contribution in [3.63, 3.8) is 0 Å². The van der Waals surface area contributed by atoms with E-state index in [0.717, 1.165) is 16.7 Å². The standard InChI is InChI=1S/C48H31NO/c1-3-13-34-25-44-39(21-32(34)11-1)23-36-15-5-7-18-42(36)47(44)38-17-9-10-31(20-38)27-49-28-41-29-50-30-46(41)48-43-19-8-6-16-37(43)24-40-22-33-12-2-4-14-35(33)26-45(40)48/h1-26,28-30H,27H2. The number of hydrogen-bond donors (Lipinski definition) is 0. The first kappa shape index (κ1) is 28.5. The summed E-state index contributed by atoms with van der Waals surface area (Å²) in [4.78, 5) is 5.00. The fraction of sp³-hybridized carbons (Fsp3) is 0.0208. The highest BCUT2D eigenvalue weighted by Crippen LogP contribution is 2.41. The molecule has 0 atom stereocenters. The molecule has 0 radical (unpaired) electrons. The molecule has 50 heavy (non-hydrogen) atoms. The van der Waals surface area contributed by atoms with Crippen molar-refractivity contribution in [3.05, 3.63) is 181 Å². The van der Waals surface area contributed by atoms with Gasteiger partial charge in [0.2, 0.25) is 0 Å². The van der Waals surface area contributed by atoms with Crippen LogP contribution in [-0.4, -0.2) is 6.21 Å². The highest BCUT2D eigenvalue weighted by atomic mass is 16.3. The molecule has 1 heterocycles. The molecule has 0 saturated heterocycles. The van der Waals surface area contributed by atoms with Crippen molar-refractivity contribution in [3.8, 4) is 22.3 Å². The van der Waals surface area contributed by atoms with Crippen molar-refractivity contribution in [2.24, 2.45) is 4.99 Å². The van der Waals surface area contributed by atoms with Gasteiger partial charge in [-0.3, -0.25) is 4.99 Å². The van der Waals surface area contributed by atoms with Crippen molar-refractivity contribution >= 4 is 70.8 Å². The Hall–Kier alpha value is -6.51. The van der Waals surface area contributed by atoms with Gasteiger partial charge in [-0.15, -0.1) is 0 Å². The number of hydrogen-bond acceptors (Lipinski definition) is 2. The Morgan fingerprint density at radius 2 is 0.940 bits per heavy atom. The Kier molecular flexibility index (Phi) is 6.60. The minimum Gasteiger partial charge on any atom is -0.471 e. The Morgan fingerprint density at radius 1 is 0.420 bits per heavy atom. The number of fused-ring (bicyclic) bond motifs is 6. The number of rotatable bonds is 5. The monoisotopic (exact) mass is 637 g/mol. The molecule has 0 saturated carbocycles. The highest BCUT2D eigenvalue weighted by Gasteiger charge is 2.16. The maximum atomic E-state index is 5.89. The molecule has 0 spiro atoms. The molecule has 0 aliphatic rings. The van der Waals surface area contributed by atoms with Crippen molar-refractivity contribution in [1.82, 2.24) is 0 Å². The SMILES string of the molecule is C(=NCc1cccc(-c2c3ccccc3cc3cc4ccccc4cc23)c1)c1cocc1-c1c2ccccc2cc2cc3ccccc3cc12. The second-order valence-electron chi connectivity index (χ2n) is 13.2. The van der Waals surface area contributed by atoms with Gasteiger partial charge in [-0.05, 0) is 124 Å². The number of nitrogens with zero attached hydrogens (tertiary/aromatic N) is 1. The summed E-state index contributed by atoms with van der Waals surface area (Å²) in [7, 11) is 0. The van der Waals surface area contributed by atoms with Crippen LogP contribution in [0.1, 0.15) is 11.1 Å². The van der Waals surface area contributed by atoms with Crippen molar-refractivity contribution < 1.29 is 4.42 Å². The van der Waals surface area contributed by atoms with Gasteiger partial charge in [0.1, 0.15) is 0 Å². The van der Waals surface area contributed by atoms with E-state index in [4.69, 9.17) is 9.41 Å². The van der Waals surface area contributed by atoms with Crippen molar-refractivity contribution in [2.45, 2.75) is 6.54 Å². The highest BCUT2D eigenvalue weighted by molar-refractivity contribution is 6.18. The zero-order chi connectivity index (χ0) is 33.0. The first-order valence-corrected chi connectivity index (χ1v) is 17.1. The van der Waals surface area contributed by atoms with Crippen LogP contribution < -0.4 is 0 Å². The van der Waals surface area contributed by atoms with Crippen LogP contribution in [0.3, 0.4) is 0 Å². The third-order valence-corrected chi connectivity index (χ3v) is 10.1. The summed E-state index contributed by atoms with van der Waals surface area (Å²) in [5, 5.41) is 14.8. The van der Waals surface area contributed by atoms with E-state index in [1.807, 2.05) is 18.7 Å². The van der Waals surface area contributed by atoms with E-state index in [1.165, 1.54) is 81.3 Å². The van der Waals surface area contributed by atoms with Crippen LogP contribution in [0.5, 0.6) is 0 Å². The predicted octanol–water partition coefficient (Wildman–Crippen LogP) is 13.2. The average Bonchev–Trinajstić information content (AvgIpc) is 3.62. The summed E-state index contributed by atoms with van der Waals surface area (Å²) in [6, 6.07) is 57.2. The van der Waals surface area contributed by atoms with E-state index in [1.54, 1.807) is 0 Å². The topological polar surface area (TPSA) is 25.5 Å². The van der Waals surface area contributed by atoms with E-state index < -0.39 is 0 Å². The average molecular weight is 638 g/mol. The van der Waals surface area contributed by atoms with Crippen LogP contribution in [0.2, 0.25) is 0 Å². The molecule has 0 unspecified atom stereocenters. The van der Waals surface area contributed by atoms with Gasteiger partial charge in [-0.1, -0.05) is 115 Å². The molecule has 0 fully saturated rings. The maximum absolute atomic E-state index is 5.89. The van der Waals surface area contributed by atoms with Gasteiger partial charge in [0.25, 0.3) is 0 Å². The molecule has 0 bridgehead atoms. The molecule has 0 aliphatic carbocycles. The van der Waals surface area contributed by atoms with Crippen molar-refractivity contribution in [2.75, 3.05) is 0 Å². The summed E-state index contributed by atoms with van der Waals surface area (Å²) >= 11 is 0. The van der Waals surface area contributed by atoms with Crippen molar-refractivity contribution in [1.29, 1.82) is 0 Å². The second kappa shape index (κ2) is 11.6. The summed E-state index contributed by atoms with van der Waals surface area (Å²) < 4.78 is 5.89. The maximum Gasteiger partial charge on any atom is 0.0996 e. The van der Waals surface area contributed by atoms with Crippen LogP contribution in [0.25, 0.3) is 86.9 Å². The normalized spacial score (nSPS) is 12.0. The Balaban J connectivity index is 1.05. The van der Waals surface area contributed by atoms with E-state index in [-0.39, 0.29) is 0 Å². The predicted molar refractivity (Wildman–Crippen MR) is 212 cm³/mol. The zero-order valence-electron chi connectivity index (χ0n) is 27.3. The Labute approximate surface area is 289 Å². The molecular weight excluding hydrogens is 607 g/mol. The molecule has 234 valence electrons. The molecule has 10 rings (SSSR count). The Morgan fingerprint density at radius 3 is 1.58 bits per heavy atom. The lowest BCUT2D eigenvalue weighted by Gasteiger charge is -2.14. The molecule has 0 amide bonds. The summed E-state index contributed by atoms with van der Waals surface area (Å²) in [5.74, 6) is 0. The minimum absolute atomic E-state index is 0.561. The first-order valence-electron chi connectivity index (χ1n) is 17.1. The van der Waals surface area contributed by atoms with Crippen LogP contribution in [0.4, 0.5) is 0 Å². The van der Waals surface area contributed by atoms with Gasteiger partial charge < -0.3 is 4.42 Å². The lowest BCUT2D eigenvalue weighted by atomic mass is 9.90. The summed E-state index contributed by atoms with van der Waals surface area (Å²) in [6.07, 6.45) is 5.66. The molecule has 0 aliphatic heterocycles. The molecule has 1 aromatic heterocycles. The van der Waals surface area contributed by atoms with Gasteiger partial charge in [-0.2, -0.15) is 0 Å². The number of aliphatic imine (C=N–C) groups is 1. The first-order chi connectivity index (χ1) is 24.8. The van der Waals surface area contributed by atoms with E-state index in [0.29, 0.717) is 6.54 Å². The van der Waals surface area contributed by atoms with Crippen LogP contribution >= 0.6 is 0 Å². The quantitative estimate of drug-likeness (QED) is 0.136. The lowest BCUT2D eigenvalue weighted by molar-refractivity contribution is 0.567. The smallest absolute Gasteiger partial charge is 0.0996 e. The molecule has 2 heteroatoms. The van der Waals surface area contributed by atoms with Gasteiger partial charge in [0.05, 0.1) is 19.1 Å². The summed E-state index contributed by atoms with van der Waals surface area (Å²) in [6.45, 7) is 0.561. The zero-order valence-corrected chi connectivity index (χ0v) is 27.3. The minimum atomic E-state index is 0.561. The van der Waals surface area contributed by atoms with Crippen LogP contribution in [0, 0.1) is 0 Å². The molecule has 10 aromatic rings. The second-order valence-corrected chi connectivity index (χ2v) is 13.2. The number of furan rings is 1. The molecule has 0 N–H and O–H groups in total. The van der Waals surface area contributed by atoms with Gasteiger partial charge in [-0.25, -0.2) is 0 Å². The van der Waals surface area contributed by atoms with E-state index in [2.05, 4.69) is 158 Å². The van der Waals surface area contributed by atoms with E-state index in [9.17, 15) is 0 Å². The van der Waals surface area contributed by atoms with Gasteiger partial charge in [0, 0.05) is 22.9 Å².